The molecule has 3 heterocycles. The Morgan fingerprint density at radius 1 is 1.11 bits per heavy atom. The van der Waals surface area contributed by atoms with Gasteiger partial charge in [-0.15, -0.1) is 0 Å². The zero-order chi connectivity index (χ0) is 18.5. The number of hydrogen-bond donors (Lipinski definition) is 0. The van der Waals surface area contributed by atoms with Gasteiger partial charge >= 0.3 is 0 Å². The average molecular weight is 363 g/mol. The molecule has 27 heavy (non-hydrogen) atoms. The third-order valence-corrected chi connectivity index (χ3v) is 4.67. The van der Waals surface area contributed by atoms with Crippen LogP contribution in [0, 0.1) is 0 Å². The van der Waals surface area contributed by atoms with Crippen molar-refractivity contribution in [3.63, 3.8) is 0 Å². The van der Waals surface area contributed by atoms with Crippen LogP contribution >= 0.6 is 0 Å². The summed E-state index contributed by atoms with van der Waals surface area (Å²) in [6.07, 6.45) is 8.67. The van der Waals surface area contributed by atoms with Crippen molar-refractivity contribution >= 4 is 5.91 Å². The Morgan fingerprint density at radius 3 is 2.78 bits per heavy atom. The summed E-state index contributed by atoms with van der Waals surface area (Å²) in [6.45, 7) is 1.63. The number of carbonyl (C=O) groups excluding carboxylic acids is 1. The molecular formula is C20H21N5O2. The van der Waals surface area contributed by atoms with Gasteiger partial charge in [0.25, 0.3) is 0 Å². The van der Waals surface area contributed by atoms with E-state index in [1.54, 1.807) is 29.5 Å². The molecule has 3 aromatic rings. The van der Waals surface area contributed by atoms with Crippen LogP contribution in [0.15, 0.2) is 61.2 Å². The summed E-state index contributed by atoms with van der Waals surface area (Å²) in [7, 11) is 0. The van der Waals surface area contributed by atoms with Gasteiger partial charge in [-0.25, -0.2) is 4.98 Å². The number of aromatic nitrogens is 4. The molecule has 1 atom stereocenters. The highest BCUT2D eigenvalue weighted by Crippen LogP contribution is 2.32. The zero-order valence-electron chi connectivity index (χ0n) is 14.9. The first-order chi connectivity index (χ1) is 13.3. The maximum absolute atomic E-state index is 12.6. The molecule has 1 aliphatic rings. The van der Waals surface area contributed by atoms with E-state index in [1.807, 2.05) is 41.3 Å². The first-order valence-electron chi connectivity index (χ1n) is 9.08. The van der Waals surface area contributed by atoms with Crippen LogP contribution in [0.1, 0.15) is 24.5 Å². The molecule has 0 radical (unpaired) electrons. The molecule has 1 aromatic carbocycles. The predicted molar refractivity (Wildman–Crippen MR) is 99.3 cm³/mol. The largest absolute Gasteiger partial charge is 0.437 e. The summed E-state index contributed by atoms with van der Waals surface area (Å²) in [5.74, 6) is 1.40. The van der Waals surface area contributed by atoms with E-state index in [2.05, 4.69) is 15.1 Å². The van der Waals surface area contributed by atoms with Crippen molar-refractivity contribution in [2.24, 2.45) is 0 Å². The van der Waals surface area contributed by atoms with Crippen LogP contribution in [-0.2, 0) is 11.3 Å². The van der Waals surface area contributed by atoms with Crippen molar-refractivity contribution < 1.29 is 9.53 Å². The van der Waals surface area contributed by atoms with E-state index in [1.165, 1.54) is 0 Å². The number of ether oxygens (including phenoxy) is 1. The minimum atomic E-state index is 0.0674. The Labute approximate surface area is 157 Å². The summed E-state index contributed by atoms with van der Waals surface area (Å²) >= 11 is 0. The van der Waals surface area contributed by atoms with Crippen LogP contribution in [0.25, 0.3) is 0 Å². The van der Waals surface area contributed by atoms with Crippen molar-refractivity contribution in [2.75, 3.05) is 13.1 Å². The molecule has 1 aliphatic heterocycles. The van der Waals surface area contributed by atoms with Gasteiger partial charge in [0.2, 0.25) is 11.8 Å². The molecule has 1 saturated heterocycles. The van der Waals surface area contributed by atoms with Gasteiger partial charge in [-0.3, -0.25) is 14.5 Å². The second kappa shape index (κ2) is 7.99. The fourth-order valence-corrected chi connectivity index (χ4v) is 3.35. The van der Waals surface area contributed by atoms with Crippen molar-refractivity contribution in [1.29, 1.82) is 0 Å². The van der Waals surface area contributed by atoms with E-state index in [4.69, 9.17) is 4.74 Å². The molecule has 7 nitrogen and oxygen atoms in total. The first-order valence-corrected chi connectivity index (χ1v) is 9.08. The minimum absolute atomic E-state index is 0.0674. The summed E-state index contributed by atoms with van der Waals surface area (Å²) in [5.41, 5.74) is 0.804. The van der Waals surface area contributed by atoms with E-state index in [9.17, 15) is 4.79 Å². The molecule has 0 saturated carbocycles. The molecule has 0 aliphatic carbocycles. The monoisotopic (exact) mass is 363 g/mol. The lowest BCUT2D eigenvalue weighted by Crippen LogP contribution is -2.41. The maximum atomic E-state index is 12.6. The normalized spacial score (nSPS) is 16.9. The molecule has 2 aromatic heterocycles. The Hall–Kier alpha value is -3.22. The van der Waals surface area contributed by atoms with Crippen LogP contribution < -0.4 is 4.74 Å². The Balaban J connectivity index is 1.49. The van der Waals surface area contributed by atoms with Crippen molar-refractivity contribution in [1.82, 2.24) is 24.6 Å². The summed E-state index contributed by atoms with van der Waals surface area (Å²) in [5, 5.41) is 4.12. The second-order valence-corrected chi connectivity index (χ2v) is 6.54. The molecule has 4 rings (SSSR count). The molecule has 0 N–H and O–H groups in total. The average Bonchev–Trinajstić information content (AvgIpc) is 3.22. The summed E-state index contributed by atoms with van der Waals surface area (Å²) < 4.78 is 7.60. The molecule has 0 spiro atoms. The zero-order valence-corrected chi connectivity index (χ0v) is 14.9. The quantitative estimate of drug-likeness (QED) is 0.697. The van der Waals surface area contributed by atoms with Gasteiger partial charge in [-0.2, -0.15) is 5.10 Å². The maximum Gasteiger partial charge on any atom is 0.244 e. The van der Waals surface area contributed by atoms with E-state index in [0.717, 1.165) is 30.8 Å². The van der Waals surface area contributed by atoms with Crippen molar-refractivity contribution in [2.45, 2.75) is 25.3 Å². The van der Waals surface area contributed by atoms with Crippen LogP contribution in [0.5, 0.6) is 11.6 Å². The number of piperidine rings is 1. The summed E-state index contributed by atoms with van der Waals surface area (Å²) in [6, 6.07) is 11.4. The van der Waals surface area contributed by atoms with Crippen molar-refractivity contribution in [3.8, 4) is 11.6 Å². The second-order valence-electron chi connectivity index (χ2n) is 6.54. The van der Waals surface area contributed by atoms with E-state index in [0.29, 0.717) is 12.4 Å². The molecular weight excluding hydrogens is 342 g/mol. The fourth-order valence-electron chi connectivity index (χ4n) is 3.35. The highest BCUT2D eigenvalue weighted by molar-refractivity contribution is 5.76. The third-order valence-electron chi connectivity index (χ3n) is 4.67. The number of benzene rings is 1. The number of amides is 1. The smallest absolute Gasteiger partial charge is 0.244 e. The lowest BCUT2D eigenvalue weighted by molar-refractivity contribution is -0.133. The van der Waals surface area contributed by atoms with Gasteiger partial charge in [-0.1, -0.05) is 18.2 Å². The lowest BCUT2D eigenvalue weighted by Gasteiger charge is -2.32. The van der Waals surface area contributed by atoms with E-state index < -0.39 is 0 Å². The third kappa shape index (κ3) is 4.13. The minimum Gasteiger partial charge on any atom is -0.437 e. The predicted octanol–water partition coefficient (Wildman–Crippen LogP) is 2.87. The number of likely N-dealkylation sites (tertiary alicyclic amines) is 1. The van der Waals surface area contributed by atoms with Crippen molar-refractivity contribution in [3.05, 3.63) is 66.9 Å². The molecule has 1 amide bonds. The highest BCUT2D eigenvalue weighted by atomic mass is 16.5. The molecule has 1 fully saturated rings. The standard InChI is InChI=1S/C20H21N5O2/c26-18(15-25-13-5-9-23-25)24-12-4-6-16(14-24)19-20(22-11-10-21-19)27-17-7-2-1-3-8-17/h1-3,5,7-11,13,16H,4,6,12,14-15H2/t16-/m0/s1. The fraction of sp³-hybridized carbons (Fsp3) is 0.300. The molecule has 7 heteroatoms. The van der Waals surface area contributed by atoms with Crippen LogP contribution in [0.2, 0.25) is 0 Å². The Morgan fingerprint density at radius 2 is 1.96 bits per heavy atom. The van der Waals surface area contributed by atoms with E-state index in [-0.39, 0.29) is 18.4 Å². The van der Waals surface area contributed by atoms with Gasteiger partial charge < -0.3 is 9.64 Å². The van der Waals surface area contributed by atoms with Crippen LogP contribution in [0.4, 0.5) is 0 Å². The van der Waals surface area contributed by atoms with Crippen LogP contribution in [-0.4, -0.2) is 43.6 Å². The number of nitrogens with zero attached hydrogens (tertiary/aromatic N) is 5. The number of carbonyl (C=O) groups is 1. The SMILES string of the molecule is O=C(Cn1cccn1)N1CCC[C@H](c2nccnc2Oc2ccccc2)C1. The van der Waals surface area contributed by atoms with Gasteiger partial charge in [-0.05, 0) is 31.0 Å². The summed E-state index contributed by atoms with van der Waals surface area (Å²) in [4.78, 5) is 23.4. The van der Waals surface area contributed by atoms with Gasteiger partial charge in [0.15, 0.2) is 0 Å². The molecule has 138 valence electrons. The topological polar surface area (TPSA) is 73.1 Å². The molecule has 0 bridgehead atoms. The van der Waals surface area contributed by atoms with E-state index >= 15 is 0 Å². The van der Waals surface area contributed by atoms with Gasteiger partial charge in [0.1, 0.15) is 18.0 Å². The number of rotatable bonds is 5. The Bertz CT molecular complexity index is 882. The first kappa shape index (κ1) is 17.2. The van der Waals surface area contributed by atoms with Gasteiger partial charge in [0, 0.05) is 43.8 Å². The Kier molecular flexibility index (Phi) is 5.09. The van der Waals surface area contributed by atoms with Crippen LogP contribution in [0.3, 0.4) is 0 Å². The number of para-hydroxylation sites is 1. The lowest BCUT2D eigenvalue weighted by atomic mass is 9.94. The number of hydrogen-bond acceptors (Lipinski definition) is 5. The molecule has 0 unspecified atom stereocenters. The highest BCUT2D eigenvalue weighted by Gasteiger charge is 2.28. The van der Waals surface area contributed by atoms with Gasteiger partial charge in [0.05, 0.1) is 0 Å².